The Morgan fingerprint density at radius 3 is 2.42 bits per heavy atom. The Morgan fingerprint density at radius 1 is 1.16 bits per heavy atom. The van der Waals surface area contributed by atoms with Gasteiger partial charge in [0.05, 0.1) is 6.54 Å². The highest BCUT2D eigenvalue weighted by Gasteiger charge is 2.14. The highest BCUT2D eigenvalue weighted by Crippen LogP contribution is 2.08. The van der Waals surface area contributed by atoms with Gasteiger partial charge in [-0.05, 0) is 26.1 Å². The van der Waals surface area contributed by atoms with Crippen molar-refractivity contribution in [3.05, 3.63) is 29.8 Å². The van der Waals surface area contributed by atoms with Crippen molar-refractivity contribution in [3.8, 4) is 0 Å². The highest BCUT2D eigenvalue weighted by atomic mass is 16.2. The molecular formula is C14H22N4O. The molecule has 0 saturated carbocycles. The molecule has 1 fully saturated rings. The molecule has 0 spiro atoms. The van der Waals surface area contributed by atoms with Gasteiger partial charge < -0.3 is 10.2 Å². The van der Waals surface area contributed by atoms with Crippen LogP contribution in [0.15, 0.2) is 24.3 Å². The lowest BCUT2D eigenvalue weighted by molar-refractivity contribution is -0.116. The third-order valence-corrected chi connectivity index (χ3v) is 3.30. The van der Waals surface area contributed by atoms with Crippen LogP contribution in [-0.2, 0) is 4.79 Å². The summed E-state index contributed by atoms with van der Waals surface area (Å²) in [4.78, 5) is 14.1. The number of carbonyl (C=O) groups is 1. The maximum atomic E-state index is 11.8. The van der Waals surface area contributed by atoms with Crippen LogP contribution in [0.1, 0.15) is 5.56 Å². The number of piperazine rings is 1. The van der Waals surface area contributed by atoms with Gasteiger partial charge in [0.15, 0.2) is 0 Å². The number of hydrogen-bond donors (Lipinski definition) is 2. The number of anilines is 1. The normalized spacial score (nSPS) is 17.4. The van der Waals surface area contributed by atoms with E-state index in [1.807, 2.05) is 31.2 Å². The first-order valence-electron chi connectivity index (χ1n) is 6.67. The van der Waals surface area contributed by atoms with Crippen molar-refractivity contribution >= 4 is 11.6 Å². The predicted octanol–water partition coefficient (Wildman–Crippen LogP) is 0.686. The van der Waals surface area contributed by atoms with Gasteiger partial charge in [-0.25, -0.2) is 10.4 Å². The van der Waals surface area contributed by atoms with E-state index in [1.54, 1.807) is 0 Å². The monoisotopic (exact) mass is 262 g/mol. The zero-order chi connectivity index (χ0) is 13.7. The third kappa shape index (κ3) is 4.63. The standard InChI is InChI=1S/C14H22N4O/c1-12-3-5-13(6-4-12)16-14(19)11-15-18-9-7-17(2)8-10-18/h3-6,15H,7-11H2,1-2H3,(H,16,19). The lowest BCUT2D eigenvalue weighted by atomic mass is 10.2. The Balaban J connectivity index is 1.71. The Morgan fingerprint density at radius 2 is 1.79 bits per heavy atom. The molecular weight excluding hydrogens is 240 g/mol. The molecule has 1 aliphatic rings. The van der Waals surface area contributed by atoms with E-state index in [0.717, 1.165) is 31.9 Å². The SMILES string of the molecule is Cc1ccc(NC(=O)CNN2CCN(C)CC2)cc1. The molecule has 1 aromatic carbocycles. The molecule has 5 heteroatoms. The van der Waals surface area contributed by atoms with Crippen LogP contribution >= 0.6 is 0 Å². The van der Waals surface area contributed by atoms with Gasteiger partial charge in [0.25, 0.3) is 0 Å². The minimum Gasteiger partial charge on any atom is -0.325 e. The van der Waals surface area contributed by atoms with E-state index >= 15 is 0 Å². The van der Waals surface area contributed by atoms with Gasteiger partial charge in [0.1, 0.15) is 0 Å². The van der Waals surface area contributed by atoms with Gasteiger partial charge in [0.2, 0.25) is 5.91 Å². The van der Waals surface area contributed by atoms with Crippen LogP contribution in [-0.4, -0.2) is 55.6 Å². The highest BCUT2D eigenvalue weighted by molar-refractivity contribution is 5.92. The van der Waals surface area contributed by atoms with E-state index in [9.17, 15) is 4.79 Å². The Bertz CT molecular complexity index is 410. The molecule has 0 bridgehead atoms. The van der Waals surface area contributed by atoms with E-state index in [2.05, 4.69) is 27.7 Å². The molecule has 1 saturated heterocycles. The van der Waals surface area contributed by atoms with Crippen LogP contribution in [0.5, 0.6) is 0 Å². The predicted molar refractivity (Wildman–Crippen MR) is 76.9 cm³/mol. The smallest absolute Gasteiger partial charge is 0.239 e. The number of nitrogens with zero attached hydrogens (tertiary/aromatic N) is 2. The molecule has 0 atom stereocenters. The fourth-order valence-corrected chi connectivity index (χ4v) is 1.99. The molecule has 0 aliphatic carbocycles. The molecule has 0 aromatic heterocycles. The van der Waals surface area contributed by atoms with Crippen LogP contribution in [0.3, 0.4) is 0 Å². The molecule has 1 amide bonds. The first-order chi connectivity index (χ1) is 9.13. The number of rotatable bonds is 4. The Labute approximate surface area is 114 Å². The van der Waals surface area contributed by atoms with Crippen molar-refractivity contribution in [1.82, 2.24) is 15.3 Å². The number of nitrogens with one attached hydrogen (secondary N) is 2. The van der Waals surface area contributed by atoms with Crippen LogP contribution in [0, 0.1) is 6.92 Å². The summed E-state index contributed by atoms with van der Waals surface area (Å²) in [6.07, 6.45) is 0. The zero-order valence-corrected chi connectivity index (χ0v) is 11.6. The third-order valence-electron chi connectivity index (χ3n) is 3.30. The van der Waals surface area contributed by atoms with Gasteiger partial charge in [-0.3, -0.25) is 4.79 Å². The molecule has 1 heterocycles. The lowest BCUT2D eigenvalue weighted by Gasteiger charge is -2.32. The average molecular weight is 262 g/mol. The topological polar surface area (TPSA) is 47.6 Å². The number of hydrogen-bond acceptors (Lipinski definition) is 4. The summed E-state index contributed by atoms with van der Waals surface area (Å²) >= 11 is 0. The quantitative estimate of drug-likeness (QED) is 0.838. The Kier molecular flexibility index (Phi) is 4.90. The van der Waals surface area contributed by atoms with Crippen molar-refractivity contribution in [3.63, 3.8) is 0 Å². The van der Waals surface area contributed by atoms with Crippen LogP contribution in [0.2, 0.25) is 0 Å². The molecule has 0 unspecified atom stereocenters. The average Bonchev–Trinajstić information content (AvgIpc) is 2.41. The first-order valence-corrected chi connectivity index (χ1v) is 6.67. The molecule has 0 radical (unpaired) electrons. The van der Waals surface area contributed by atoms with Gasteiger partial charge >= 0.3 is 0 Å². The molecule has 5 nitrogen and oxygen atoms in total. The fraction of sp³-hybridized carbons (Fsp3) is 0.500. The number of amides is 1. The van der Waals surface area contributed by atoms with E-state index in [-0.39, 0.29) is 5.91 Å². The summed E-state index contributed by atoms with van der Waals surface area (Å²) in [5.74, 6) is -0.0113. The first kappa shape index (κ1) is 14.0. The van der Waals surface area contributed by atoms with Crippen LogP contribution < -0.4 is 10.7 Å². The van der Waals surface area contributed by atoms with Crippen molar-refractivity contribution < 1.29 is 4.79 Å². The molecule has 1 aliphatic heterocycles. The van der Waals surface area contributed by atoms with E-state index < -0.39 is 0 Å². The minimum atomic E-state index is -0.0113. The summed E-state index contributed by atoms with van der Waals surface area (Å²) in [6, 6.07) is 7.82. The fourth-order valence-electron chi connectivity index (χ4n) is 1.99. The number of likely N-dealkylation sites (N-methyl/N-ethyl adjacent to an activating group) is 1. The van der Waals surface area contributed by atoms with Gasteiger partial charge in [0, 0.05) is 31.9 Å². The van der Waals surface area contributed by atoms with Crippen molar-refractivity contribution in [2.45, 2.75) is 6.92 Å². The van der Waals surface area contributed by atoms with Crippen LogP contribution in [0.25, 0.3) is 0 Å². The molecule has 19 heavy (non-hydrogen) atoms. The second kappa shape index (κ2) is 6.65. The summed E-state index contributed by atoms with van der Waals surface area (Å²) < 4.78 is 0. The lowest BCUT2D eigenvalue weighted by Crippen LogP contribution is -2.52. The number of aryl methyl sites for hydroxylation is 1. The summed E-state index contributed by atoms with van der Waals surface area (Å²) in [5, 5.41) is 4.98. The minimum absolute atomic E-state index is 0.0113. The van der Waals surface area contributed by atoms with Crippen LogP contribution in [0.4, 0.5) is 5.69 Å². The van der Waals surface area contributed by atoms with E-state index in [1.165, 1.54) is 5.56 Å². The van der Waals surface area contributed by atoms with Gasteiger partial charge in [-0.15, -0.1) is 0 Å². The van der Waals surface area contributed by atoms with E-state index in [0.29, 0.717) is 6.54 Å². The Hall–Kier alpha value is -1.43. The van der Waals surface area contributed by atoms with Gasteiger partial charge in [-0.1, -0.05) is 17.7 Å². The van der Waals surface area contributed by atoms with Gasteiger partial charge in [-0.2, -0.15) is 0 Å². The largest absolute Gasteiger partial charge is 0.325 e. The maximum Gasteiger partial charge on any atom is 0.239 e. The molecule has 1 aromatic rings. The second-order valence-electron chi connectivity index (χ2n) is 5.04. The second-order valence-corrected chi connectivity index (χ2v) is 5.04. The maximum absolute atomic E-state index is 11.8. The molecule has 2 N–H and O–H groups in total. The number of benzene rings is 1. The van der Waals surface area contributed by atoms with Crippen molar-refractivity contribution in [1.29, 1.82) is 0 Å². The van der Waals surface area contributed by atoms with Crippen molar-refractivity contribution in [2.24, 2.45) is 0 Å². The molecule has 2 rings (SSSR count). The summed E-state index contributed by atoms with van der Waals surface area (Å²) in [6.45, 7) is 6.32. The summed E-state index contributed by atoms with van der Waals surface area (Å²) in [5.41, 5.74) is 5.20. The number of carbonyl (C=O) groups excluding carboxylic acids is 1. The summed E-state index contributed by atoms with van der Waals surface area (Å²) in [7, 11) is 2.11. The molecule has 104 valence electrons. The van der Waals surface area contributed by atoms with E-state index in [4.69, 9.17) is 0 Å². The van der Waals surface area contributed by atoms with Crippen molar-refractivity contribution in [2.75, 3.05) is 45.1 Å². The number of hydrazine groups is 1. The zero-order valence-electron chi connectivity index (χ0n) is 11.6.